The third-order valence-corrected chi connectivity index (χ3v) is 3.84. The van der Waals surface area contributed by atoms with E-state index in [0.29, 0.717) is 6.54 Å². The van der Waals surface area contributed by atoms with Crippen LogP contribution in [-0.2, 0) is 0 Å². The van der Waals surface area contributed by atoms with Crippen LogP contribution in [-0.4, -0.2) is 66.6 Å². The number of Topliss-reactive ketones (excluding diaryl/α,β-unsaturated/α-hetero) is 1. The number of β-amino-alcohol motifs (C(OH)–C–C–N with tert-alkyl or cyclic N) is 1. The summed E-state index contributed by atoms with van der Waals surface area (Å²) in [6, 6.07) is 7.79. The van der Waals surface area contributed by atoms with Crippen LogP contribution in [0.2, 0.25) is 0 Å². The first kappa shape index (κ1) is 15.2. The van der Waals surface area contributed by atoms with Crippen LogP contribution in [0.15, 0.2) is 24.3 Å². The summed E-state index contributed by atoms with van der Waals surface area (Å²) in [5.41, 5.74) is 1.98. The maximum Gasteiger partial charge on any atom is 0.176 e. The number of aliphatic hydroxyl groups is 1. The number of carbonyl (C=O) groups is 1. The van der Waals surface area contributed by atoms with Gasteiger partial charge in [-0.15, -0.1) is 0 Å². The molecule has 0 unspecified atom stereocenters. The van der Waals surface area contributed by atoms with E-state index in [0.717, 1.165) is 44.7 Å². The third-order valence-electron chi connectivity index (χ3n) is 3.84. The van der Waals surface area contributed by atoms with Gasteiger partial charge in [0.25, 0.3) is 0 Å². The van der Waals surface area contributed by atoms with Gasteiger partial charge in [-0.2, -0.15) is 0 Å². The fourth-order valence-electron chi connectivity index (χ4n) is 2.58. The van der Waals surface area contributed by atoms with Gasteiger partial charge < -0.3 is 5.11 Å². The average molecular weight is 276 g/mol. The Morgan fingerprint density at radius 2 is 1.75 bits per heavy atom. The van der Waals surface area contributed by atoms with E-state index < -0.39 is 0 Å². The summed E-state index contributed by atoms with van der Waals surface area (Å²) in [5.74, 6) is 0.195. The van der Waals surface area contributed by atoms with Crippen LogP contribution < -0.4 is 0 Å². The molecule has 1 aromatic carbocycles. The van der Waals surface area contributed by atoms with Gasteiger partial charge in [-0.05, 0) is 26.4 Å². The standard InChI is InChI=1S/C16H24N2O2/c1-14-3-5-15(6-4-14)16(20)13-18-8-2-7-17(9-10-18)11-12-19/h3-6,19H,2,7-13H2,1H3. The van der Waals surface area contributed by atoms with Crippen LogP contribution in [0.25, 0.3) is 0 Å². The number of ketones is 1. The maximum absolute atomic E-state index is 12.2. The van der Waals surface area contributed by atoms with Crippen LogP contribution in [0.1, 0.15) is 22.3 Å². The molecule has 0 amide bonds. The number of carbonyl (C=O) groups excluding carboxylic acids is 1. The molecule has 1 heterocycles. The molecule has 1 aliphatic rings. The van der Waals surface area contributed by atoms with E-state index in [-0.39, 0.29) is 12.4 Å². The Kier molecular flexibility index (Phi) is 5.71. The highest BCUT2D eigenvalue weighted by Crippen LogP contribution is 2.07. The summed E-state index contributed by atoms with van der Waals surface area (Å²) >= 11 is 0. The summed E-state index contributed by atoms with van der Waals surface area (Å²) < 4.78 is 0. The fourth-order valence-corrected chi connectivity index (χ4v) is 2.58. The van der Waals surface area contributed by atoms with Gasteiger partial charge in [0.15, 0.2) is 5.78 Å². The molecule has 0 aromatic heterocycles. The number of nitrogens with zero attached hydrogens (tertiary/aromatic N) is 2. The topological polar surface area (TPSA) is 43.8 Å². The number of rotatable bonds is 5. The molecule has 0 saturated carbocycles. The van der Waals surface area contributed by atoms with Gasteiger partial charge in [-0.1, -0.05) is 29.8 Å². The Morgan fingerprint density at radius 3 is 2.45 bits per heavy atom. The zero-order valence-corrected chi connectivity index (χ0v) is 12.2. The Bertz CT molecular complexity index is 431. The first-order chi connectivity index (χ1) is 9.69. The molecule has 20 heavy (non-hydrogen) atoms. The molecule has 4 heteroatoms. The molecule has 0 aliphatic carbocycles. The third kappa shape index (κ3) is 4.40. The first-order valence-electron chi connectivity index (χ1n) is 7.34. The van der Waals surface area contributed by atoms with Gasteiger partial charge >= 0.3 is 0 Å². The highest BCUT2D eigenvalue weighted by molar-refractivity contribution is 5.97. The van der Waals surface area contributed by atoms with Gasteiger partial charge in [-0.3, -0.25) is 14.6 Å². The van der Waals surface area contributed by atoms with E-state index in [2.05, 4.69) is 9.80 Å². The van der Waals surface area contributed by atoms with E-state index in [4.69, 9.17) is 5.11 Å². The molecule has 1 aliphatic heterocycles. The smallest absolute Gasteiger partial charge is 0.176 e. The predicted octanol–water partition coefficient (Wildman–Crippen LogP) is 1.18. The van der Waals surface area contributed by atoms with Crippen molar-refractivity contribution in [2.24, 2.45) is 0 Å². The summed E-state index contributed by atoms with van der Waals surface area (Å²) in [4.78, 5) is 16.7. The van der Waals surface area contributed by atoms with Gasteiger partial charge in [0.2, 0.25) is 0 Å². The predicted molar refractivity (Wildman–Crippen MR) is 80.1 cm³/mol. The molecule has 1 aromatic rings. The molecule has 0 spiro atoms. The molecule has 4 nitrogen and oxygen atoms in total. The first-order valence-corrected chi connectivity index (χ1v) is 7.34. The van der Waals surface area contributed by atoms with Crippen LogP contribution in [0.4, 0.5) is 0 Å². The van der Waals surface area contributed by atoms with Crippen molar-refractivity contribution in [2.75, 3.05) is 45.9 Å². The second-order valence-corrected chi connectivity index (χ2v) is 5.48. The van der Waals surface area contributed by atoms with E-state index in [9.17, 15) is 4.79 Å². The Hall–Kier alpha value is -1.23. The summed E-state index contributed by atoms with van der Waals surface area (Å²) in [7, 11) is 0. The molecule has 1 saturated heterocycles. The van der Waals surface area contributed by atoms with Crippen molar-refractivity contribution in [1.29, 1.82) is 0 Å². The molecule has 0 atom stereocenters. The van der Waals surface area contributed by atoms with Crippen LogP contribution in [0.5, 0.6) is 0 Å². The second kappa shape index (κ2) is 7.53. The lowest BCUT2D eigenvalue weighted by Gasteiger charge is -2.20. The van der Waals surface area contributed by atoms with E-state index in [1.165, 1.54) is 5.56 Å². The summed E-state index contributed by atoms with van der Waals surface area (Å²) in [5, 5.41) is 8.98. The number of aliphatic hydroxyl groups excluding tert-OH is 1. The minimum absolute atomic E-state index is 0.195. The number of hydrogen-bond acceptors (Lipinski definition) is 4. The maximum atomic E-state index is 12.2. The molecule has 110 valence electrons. The Morgan fingerprint density at radius 1 is 1.10 bits per heavy atom. The van der Waals surface area contributed by atoms with Crippen molar-refractivity contribution in [1.82, 2.24) is 9.80 Å². The SMILES string of the molecule is Cc1ccc(C(=O)CN2CCCN(CCO)CC2)cc1. The van der Waals surface area contributed by atoms with Crippen molar-refractivity contribution >= 4 is 5.78 Å². The zero-order valence-electron chi connectivity index (χ0n) is 12.2. The lowest BCUT2D eigenvalue weighted by molar-refractivity contribution is 0.0932. The average Bonchev–Trinajstić information content (AvgIpc) is 2.66. The van der Waals surface area contributed by atoms with Crippen LogP contribution >= 0.6 is 0 Å². The monoisotopic (exact) mass is 276 g/mol. The summed E-state index contributed by atoms with van der Waals surface area (Å²) in [6.07, 6.45) is 1.06. The number of aryl methyl sites for hydroxylation is 1. The van der Waals surface area contributed by atoms with Crippen molar-refractivity contribution in [3.8, 4) is 0 Å². The Labute approximate surface area is 121 Å². The van der Waals surface area contributed by atoms with Crippen molar-refractivity contribution < 1.29 is 9.90 Å². The van der Waals surface area contributed by atoms with E-state index in [1.807, 2.05) is 31.2 Å². The van der Waals surface area contributed by atoms with E-state index in [1.54, 1.807) is 0 Å². The van der Waals surface area contributed by atoms with E-state index >= 15 is 0 Å². The van der Waals surface area contributed by atoms with Crippen molar-refractivity contribution in [2.45, 2.75) is 13.3 Å². The van der Waals surface area contributed by atoms with Gasteiger partial charge in [0.05, 0.1) is 13.2 Å². The molecule has 1 fully saturated rings. The highest BCUT2D eigenvalue weighted by atomic mass is 16.3. The molecular formula is C16H24N2O2. The number of benzene rings is 1. The second-order valence-electron chi connectivity index (χ2n) is 5.48. The zero-order chi connectivity index (χ0) is 14.4. The highest BCUT2D eigenvalue weighted by Gasteiger charge is 2.17. The normalized spacial score (nSPS) is 17.9. The van der Waals surface area contributed by atoms with Gasteiger partial charge in [0.1, 0.15) is 0 Å². The quantitative estimate of drug-likeness (QED) is 0.820. The van der Waals surface area contributed by atoms with Gasteiger partial charge in [0, 0.05) is 25.2 Å². The summed E-state index contributed by atoms with van der Waals surface area (Å²) in [6.45, 7) is 7.27. The minimum atomic E-state index is 0.195. The van der Waals surface area contributed by atoms with Crippen molar-refractivity contribution in [3.05, 3.63) is 35.4 Å². The minimum Gasteiger partial charge on any atom is -0.395 e. The molecule has 0 radical (unpaired) electrons. The van der Waals surface area contributed by atoms with Crippen LogP contribution in [0, 0.1) is 6.92 Å². The molecule has 1 N–H and O–H groups in total. The Balaban J connectivity index is 1.86. The lowest BCUT2D eigenvalue weighted by atomic mass is 10.1. The molecule has 0 bridgehead atoms. The van der Waals surface area contributed by atoms with Crippen LogP contribution in [0.3, 0.4) is 0 Å². The number of hydrogen-bond donors (Lipinski definition) is 1. The lowest BCUT2D eigenvalue weighted by Crippen LogP contribution is -2.35. The fraction of sp³-hybridized carbons (Fsp3) is 0.562. The van der Waals surface area contributed by atoms with Crippen molar-refractivity contribution in [3.63, 3.8) is 0 Å². The largest absolute Gasteiger partial charge is 0.395 e. The van der Waals surface area contributed by atoms with Gasteiger partial charge in [-0.25, -0.2) is 0 Å². The molecular weight excluding hydrogens is 252 g/mol. The molecule has 2 rings (SSSR count).